The molecule has 1 aromatic carbocycles. The molecule has 0 spiro atoms. The number of rotatable bonds is 4. The fourth-order valence-electron chi connectivity index (χ4n) is 2.77. The van der Waals surface area contributed by atoms with E-state index in [4.69, 9.17) is 0 Å². The summed E-state index contributed by atoms with van der Waals surface area (Å²) in [6, 6.07) is 8.60. The molecular weight excluding hydrogens is 336 g/mol. The third-order valence-electron chi connectivity index (χ3n) is 4.45. The lowest BCUT2D eigenvalue weighted by Gasteiger charge is -2.38. The van der Waals surface area contributed by atoms with Crippen LogP contribution in [0.3, 0.4) is 0 Å². The second-order valence-corrected chi connectivity index (χ2v) is 7.10. The number of imide groups is 1. The summed E-state index contributed by atoms with van der Waals surface area (Å²) in [7, 11) is 0. The molecule has 9 nitrogen and oxygen atoms in total. The summed E-state index contributed by atoms with van der Waals surface area (Å²) in [6.07, 6.45) is 1.35. The highest BCUT2D eigenvalue weighted by atomic mass is 16.2. The molecule has 3 rings (SSSR count). The summed E-state index contributed by atoms with van der Waals surface area (Å²) in [5, 5.41) is 15.8. The minimum atomic E-state index is -1.24. The van der Waals surface area contributed by atoms with Crippen LogP contribution < -0.4 is 16.0 Å². The zero-order chi connectivity index (χ0) is 18.9. The maximum Gasteiger partial charge on any atom is 0.322 e. The van der Waals surface area contributed by atoms with Gasteiger partial charge < -0.3 is 10.6 Å². The molecule has 0 bridgehead atoms. The van der Waals surface area contributed by atoms with Crippen LogP contribution in [0.15, 0.2) is 36.5 Å². The summed E-state index contributed by atoms with van der Waals surface area (Å²) < 4.78 is 0. The van der Waals surface area contributed by atoms with Crippen LogP contribution in [0.2, 0.25) is 0 Å². The van der Waals surface area contributed by atoms with Gasteiger partial charge in [0.1, 0.15) is 5.54 Å². The Bertz CT molecular complexity index is 855. The normalized spacial score (nSPS) is 19.8. The van der Waals surface area contributed by atoms with Gasteiger partial charge in [0.25, 0.3) is 11.8 Å². The second kappa shape index (κ2) is 6.25. The molecule has 2 aromatic rings. The molecule has 0 aliphatic carbocycles. The van der Waals surface area contributed by atoms with Gasteiger partial charge in [0.05, 0.1) is 18.4 Å². The molecule has 26 heavy (non-hydrogen) atoms. The van der Waals surface area contributed by atoms with E-state index in [0.717, 1.165) is 5.69 Å². The number of aromatic nitrogens is 3. The molecule has 3 N–H and O–H groups in total. The number of hydrogen-bond acceptors (Lipinski definition) is 5. The molecule has 136 valence electrons. The zero-order valence-corrected chi connectivity index (χ0v) is 14.7. The molecule has 4 amide bonds. The van der Waals surface area contributed by atoms with Crippen molar-refractivity contribution in [3.63, 3.8) is 0 Å². The van der Waals surface area contributed by atoms with Crippen LogP contribution in [0.4, 0.5) is 4.79 Å². The highest BCUT2D eigenvalue weighted by Crippen LogP contribution is 2.32. The lowest BCUT2D eigenvalue weighted by molar-refractivity contribution is -0.127. The van der Waals surface area contributed by atoms with Crippen LogP contribution in [0, 0.1) is 5.41 Å². The van der Waals surface area contributed by atoms with Gasteiger partial charge in [-0.1, -0.05) is 39.0 Å². The standard InChI is InChI=1S/C17H20N6O3/c1-16(2,3)17(14(25)20-15(26)21-17)10-18-13(24)12-9-19-23(22-12)11-7-5-4-6-8-11/h4-9H,10H2,1-3H3,(H,18,24)(H2,20,21,25,26). The van der Waals surface area contributed by atoms with E-state index in [1.54, 1.807) is 0 Å². The number of urea groups is 1. The van der Waals surface area contributed by atoms with Gasteiger partial charge in [-0.3, -0.25) is 14.9 Å². The van der Waals surface area contributed by atoms with Crippen molar-refractivity contribution in [2.75, 3.05) is 6.54 Å². The van der Waals surface area contributed by atoms with E-state index in [2.05, 4.69) is 26.1 Å². The maximum absolute atomic E-state index is 12.4. The molecule has 1 unspecified atom stereocenters. The number of benzene rings is 1. The first-order valence-corrected chi connectivity index (χ1v) is 8.12. The fraction of sp³-hybridized carbons (Fsp3) is 0.353. The summed E-state index contributed by atoms with van der Waals surface area (Å²) in [6.45, 7) is 5.38. The number of amides is 4. The van der Waals surface area contributed by atoms with Gasteiger partial charge in [-0.05, 0) is 17.5 Å². The quantitative estimate of drug-likeness (QED) is 0.694. The van der Waals surface area contributed by atoms with Gasteiger partial charge in [-0.2, -0.15) is 9.90 Å². The molecule has 0 saturated carbocycles. The maximum atomic E-state index is 12.4. The van der Waals surface area contributed by atoms with Gasteiger partial charge in [0, 0.05) is 0 Å². The van der Waals surface area contributed by atoms with Crippen LogP contribution >= 0.6 is 0 Å². The number of hydrogen-bond donors (Lipinski definition) is 3. The van der Waals surface area contributed by atoms with Crippen LogP contribution in [0.5, 0.6) is 0 Å². The molecule has 1 aromatic heterocycles. The van der Waals surface area contributed by atoms with Gasteiger partial charge >= 0.3 is 6.03 Å². The van der Waals surface area contributed by atoms with Crippen molar-refractivity contribution < 1.29 is 14.4 Å². The Labute approximate surface area is 150 Å². The Morgan fingerprint density at radius 3 is 2.50 bits per heavy atom. The summed E-state index contributed by atoms with van der Waals surface area (Å²) >= 11 is 0. The minimum Gasteiger partial charge on any atom is -0.348 e. The minimum absolute atomic E-state index is 0.0644. The number of carbonyl (C=O) groups excluding carboxylic acids is 3. The van der Waals surface area contributed by atoms with Crippen molar-refractivity contribution in [3.05, 3.63) is 42.2 Å². The number of nitrogens with zero attached hydrogens (tertiary/aromatic N) is 3. The first-order chi connectivity index (χ1) is 12.2. The number of para-hydroxylation sites is 1. The van der Waals surface area contributed by atoms with E-state index in [1.807, 2.05) is 51.1 Å². The predicted octanol–water partition coefficient (Wildman–Crippen LogP) is 0.621. The van der Waals surface area contributed by atoms with Crippen molar-refractivity contribution in [1.29, 1.82) is 0 Å². The molecule has 1 aliphatic rings. The Balaban J connectivity index is 1.75. The Morgan fingerprint density at radius 1 is 1.23 bits per heavy atom. The fourth-order valence-corrected chi connectivity index (χ4v) is 2.77. The van der Waals surface area contributed by atoms with Crippen LogP contribution in [-0.2, 0) is 4.79 Å². The van der Waals surface area contributed by atoms with E-state index >= 15 is 0 Å². The summed E-state index contributed by atoms with van der Waals surface area (Å²) in [4.78, 5) is 37.7. The molecule has 9 heteroatoms. The lowest BCUT2D eigenvalue weighted by Crippen LogP contribution is -2.63. The zero-order valence-electron chi connectivity index (χ0n) is 14.7. The van der Waals surface area contributed by atoms with Gasteiger partial charge in [-0.25, -0.2) is 4.79 Å². The number of nitrogens with one attached hydrogen (secondary N) is 3. The topological polar surface area (TPSA) is 118 Å². The van der Waals surface area contributed by atoms with Crippen molar-refractivity contribution in [1.82, 2.24) is 30.9 Å². The monoisotopic (exact) mass is 356 g/mol. The van der Waals surface area contributed by atoms with E-state index in [1.165, 1.54) is 11.0 Å². The predicted molar refractivity (Wildman–Crippen MR) is 92.6 cm³/mol. The average Bonchev–Trinajstić information content (AvgIpc) is 3.18. The van der Waals surface area contributed by atoms with Crippen molar-refractivity contribution in [2.24, 2.45) is 5.41 Å². The summed E-state index contributed by atoms with van der Waals surface area (Å²) in [5.74, 6) is -0.951. The largest absolute Gasteiger partial charge is 0.348 e. The van der Waals surface area contributed by atoms with Gasteiger partial charge in [-0.15, -0.1) is 5.10 Å². The summed E-state index contributed by atoms with van der Waals surface area (Å²) in [5.41, 5.74) is -1.02. The van der Waals surface area contributed by atoms with E-state index in [9.17, 15) is 14.4 Å². The lowest BCUT2D eigenvalue weighted by atomic mass is 9.73. The van der Waals surface area contributed by atoms with Crippen LogP contribution in [0.25, 0.3) is 5.69 Å². The van der Waals surface area contributed by atoms with Crippen molar-refractivity contribution in [3.8, 4) is 5.69 Å². The molecule has 1 aliphatic heterocycles. The van der Waals surface area contributed by atoms with Crippen molar-refractivity contribution in [2.45, 2.75) is 26.3 Å². The third kappa shape index (κ3) is 3.03. The van der Waals surface area contributed by atoms with Crippen LogP contribution in [-0.4, -0.2) is 44.9 Å². The third-order valence-corrected chi connectivity index (χ3v) is 4.45. The number of carbonyl (C=O) groups is 3. The van der Waals surface area contributed by atoms with Crippen LogP contribution in [0.1, 0.15) is 31.3 Å². The molecular formula is C17H20N6O3. The molecule has 1 fully saturated rings. The Hall–Kier alpha value is -3.23. The van der Waals surface area contributed by atoms with Gasteiger partial charge in [0.15, 0.2) is 5.69 Å². The van der Waals surface area contributed by atoms with Crippen molar-refractivity contribution >= 4 is 17.8 Å². The Morgan fingerprint density at radius 2 is 1.92 bits per heavy atom. The Kier molecular flexibility index (Phi) is 4.23. The SMILES string of the molecule is CC(C)(C)C1(CNC(=O)c2cnn(-c3ccccc3)n2)NC(=O)NC1=O. The van der Waals surface area contributed by atoms with E-state index in [0.29, 0.717) is 0 Å². The highest BCUT2D eigenvalue weighted by Gasteiger charge is 2.54. The highest BCUT2D eigenvalue weighted by molar-refractivity contribution is 6.08. The second-order valence-electron chi connectivity index (χ2n) is 7.10. The first-order valence-electron chi connectivity index (χ1n) is 8.12. The molecule has 1 saturated heterocycles. The smallest absolute Gasteiger partial charge is 0.322 e. The van der Waals surface area contributed by atoms with E-state index in [-0.39, 0.29) is 12.2 Å². The van der Waals surface area contributed by atoms with Gasteiger partial charge in [0.2, 0.25) is 0 Å². The first kappa shape index (κ1) is 17.6. The molecule has 2 heterocycles. The molecule has 0 radical (unpaired) electrons. The van der Waals surface area contributed by atoms with E-state index < -0.39 is 28.8 Å². The average molecular weight is 356 g/mol. The molecule has 1 atom stereocenters.